The van der Waals surface area contributed by atoms with Crippen LogP contribution in [0.4, 0.5) is 0 Å². The topological polar surface area (TPSA) is 66.6 Å². The van der Waals surface area contributed by atoms with Crippen LogP contribution in [0.25, 0.3) is 0 Å². The zero-order valence-electron chi connectivity index (χ0n) is 8.97. The molecule has 3 N–H and O–H groups in total. The van der Waals surface area contributed by atoms with Crippen molar-refractivity contribution in [3.8, 4) is 0 Å². The lowest BCUT2D eigenvalue weighted by Crippen LogP contribution is -2.21. The van der Waals surface area contributed by atoms with Crippen molar-refractivity contribution in [2.75, 3.05) is 20.6 Å². The molecule has 0 aliphatic rings. The first kappa shape index (κ1) is 11.7. The molecular formula is C11H16N2O2. The lowest BCUT2D eigenvalue weighted by molar-refractivity contribution is 0.0827. The molecule has 1 unspecified atom stereocenters. The van der Waals surface area contributed by atoms with Gasteiger partial charge in [0.25, 0.3) is 5.91 Å². The van der Waals surface area contributed by atoms with E-state index >= 15 is 0 Å². The molecule has 0 saturated heterocycles. The third kappa shape index (κ3) is 2.78. The van der Waals surface area contributed by atoms with E-state index < -0.39 is 6.10 Å². The number of hydrogen-bond donors (Lipinski definition) is 2. The SMILES string of the molecule is CN(C)C(=O)c1ccc(C(O)CN)cc1. The fourth-order valence-electron chi connectivity index (χ4n) is 1.24. The molecule has 1 atom stereocenters. The lowest BCUT2D eigenvalue weighted by atomic mass is 10.1. The second-order valence-corrected chi connectivity index (χ2v) is 3.57. The Morgan fingerprint density at radius 2 is 1.93 bits per heavy atom. The minimum Gasteiger partial charge on any atom is -0.387 e. The summed E-state index contributed by atoms with van der Waals surface area (Å²) in [5.41, 5.74) is 6.66. The van der Waals surface area contributed by atoms with Crippen molar-refractivity contribution in [3.63, 3.8) is 0 Å². The van der Waals surface area contributed by atoms with Crippen molar-refractivity contribution in [3.05, 3.63) is 35.4 Å². The Bertz CT molecular complexity index is 333. The van der Waals surface area contributed by atoms with Crippen molar-refractivity contribution >= 4 is 5.91 Å². The zero-order valence-corrected chi connectivity index (χ0v) is 8.97. The highest BCUT2D eigenvalue weighted by molar-refractivity contribution is 5.93. The number of aliphatic hydroxyl groups is 1. The number of hydrogen-bond acceptors (Lipinski definition) is 3. The molecule has 1 amide bonds. The molecule has 82 valence electrons. The number of nitrogens with two attached hydrogens (primary N) is 1. The highest BCUT2D eigenvalue weighted by atomic mass is 16.3. The Balaban J connectivity index is 2.85. The molecule has 1 aromatic carbocycles. The maximum Gasteiger partial charge on any atom is 0.253 e. The summed E-state index contributed by atoms with van der Waals surface area (Å²) in [5, 5.41) is 9.45. The molecule has 4 heteroatoms. The second-order valence-electron chi connectivity index (χ2n) is 3.57. The monoisotopic (exact) mass is 208 g/mol. The smallest absolute Gasteiger partial charge is 0.253 e. The van der Waals surface area contributed by atoms with Crippen LogP contribution in [0.2, 0.25) is 0 Å². The van der Waals surface area contributed by atoms with Gasteiger partial charge in [0.1, 0.15) is 0 Å². The summed E-state index contributed by atoms with van der Waals surface area (Å²) in [5.74, 6) is -0.0520. The molecule has 4 nitrogen and oxygen atoms in total. The van der Waals surface area contributed by atoms with Crippen LogP contribution in [0.3, 0.4) is 0 Å². The fourth-order valence-corrected chi connectivity index (χ4v) is 1.24. The molecule has 0 aromatic heterocycles. The van der Waals surface area contributed by atoms with Gasteiger partial charge in [-0.3, -0.25) is 4.79 Å². The lowest BCUT2D eigenvalue weighted by Gasteiger charge is -2.12. The molecule has 0 bridgehead atoms. The van der Waals surface area contributed by atoms with Crippen LogP contribution in [0.1, 0.15) is 22.0 Å². The number of rotatable bonds is 3. The number of benzene rings is 1. The van der Waals surface area contributed by atoms with Gasteiger partial charge in [-0.1, -0.05) is 12.1 Å². The zero-order chi connectivity index (χ0) is 11.4. The average Bonchev–Trinajstić information content (AvgIpc) is 2.27. The van der Waals surface area contributed by atoms with Crippen molar-refractivity contribution in [2.24, 2.45) is 5.73 Å². The summed E-state index contributed by atoms with van der Waals surface area (Å²) in [6.07, 6.45) is -0.659. The number of carbonyl (C=O) groups excluding carboxylic acids is 1. The summed E-state index contributed by atoms with van der Waals surface area (Å²) < 4.78 is 0. The summed E-state index contributed by atoms with van der Waals surface area (Å²) in [6.45, 7) is 0.182. The van der Waals surface area contributed by atoms with Crippen molar-refractivity contribution in [1.29, 1.82) is 0 Å². The van der Waals surface area contributed by atoms with Crippen LogP contribution in [0.5, 0.6) is 0 Å². The van der Waals surface area contributed by atoms with Gasteiger partial charge in [0.05, 0.1) is 6.10 Å². The van der Waals surface area contributed by atoms with Gasteiger partial charge in [-0.05, 0) is 17.7 Å². The summed E-state index contributed by atoms with van der Waals surface area (Å²) in [4.78, 5) is 13.0. The predicted octanol–water partition coefficient (Wildman–Crippen LogP) is 0.380. The van der Waals surface area contributed by atoms with Crippen LogP contribution in [-0.4, -0.2) is 36.6 Å². The van der Waals surface area contributed by atoms with Crippen LogP contribution < -0.4 is 5.73 Å². The summed E-state index contributed by atoms with van der Waals surface area (Å²) in [6, 6.07) is 6.82. The number of amides is 1. The molecule has 1 aromatic rings. The van der Waals surface area contributed by atoms with Gasteiger partial charge in [0, 0.05) is 26.2 Å². The third-order valence-corrected chi connectivity index (χ3v) is 2.17. The third-order valence-electron chi connectivity index (χ3n) is 2.17. The van der Waals surface area contributed by atoms with E-state index in [-0.39, 0.29) is 12.5 Å². The van der Waals surface area contributed by atoms with E-state index in [2.05, 4.69) is 0 Å². The first-order valence-corrected chi connectivity index (χ1v) is 4.76. The Morgan fingerprint density at radius 3 is 2.33 bits per heavy atom. The molecule has 0 spiro atoms. The number of carbonyl (C=O) groups is 1. The Labute approximate surface area is 89.3 Å². The Hall–Kier alpha value is -1.39. The van der Waals surface area contributed by atoms with Crippen LogP contribution in [0, 0.1) is 0 Å². The maximum absolute atomic E-state index is 11.5. The normalized spacial score (nSPS) is 12.3. The predicted molar refractivity (Wildman–Crippen MR) is 58.5 cm³/mol. The summed E-state index contributed by atoms with van der Waals surface area (Å²) >= 11 is 0. The van der Waals surface area contributed by atoms with Gasteiger partial charge in [-0.15, -0.1) is 0 Å². The van der Waals surface area contributed by atoms with Gasteiger partial charge < -0.3 is 15.7 Å². The first-order chi connectivity index (χ1) is 7.06. The van der Waals surface area contributed by atoms with Crippen molar-refractivity contribution in [2.45, 2.75) is 6.10 Å². The standard InChI is InChI=1S/C11H16N2O2/c1-13(2)11(15)9-5-3-8(4-6-9)10(14)7-12/h3-6,10,14H,7,12H2,1-2H3. The van der Waals surface area contributed by atoms with E-state index in [0.717, 1.165) is 5.56 Å². The Kier molecular flexibility index (Phi) is 3.82. The largest absolute Gasteiger partial charge is 0.387 e. The maximum atomic E-state index is 11.5. The van der Waals surface area contributed by atoms with E-state index in [4.69, 9.17) is 5.73 Å². The minimum absolute atomic E-state index is 0.0520. The van der Waals surface area contributed by atoms with E-state index in [0.29, 0.717) is 5.56 Å². The van der Waals surface area contributed by atoms with E-state index in [1.54, 1.807) is 38.4 Å². The summed E-state index contributed by atoms with van der Waals surface area (Å²) in [7, 11) is 3.40. The molecule has 0 radical (unpaired) electrons. The number of aliphatic hydroxyl groups excluding tert-OH is 1. The van der Waals surface area contributed by atoms with Gasteiger partial charge >= 0.3 is 0 Å². The van der Waals surface area contributed by atoms with Crippen LogP contribution in [-0.2, 0) is 0 Å². The molecule has 0 aliphatic carbocycles. The van der Waals surface area contributed by atoms with E-state index in [9.17, 15) is 9.90 Å². The van der Waals surface area contributed by atoms with E-state index in [1.807, 2.05) is 0 Å². The van der Waals surface area contributed by atoms with Crippen molar-refractivity contribution < 1.29 is 9.90 Å². The number of nitrogens with zero attached hydrogens (tertiary/aromatic N) is 1. The van der Waals surface area contributed by atoms with Gasteiger partial charge in [0.2, 0.25) is 0 Å². The molecular weight excluding hydrogens is 192 g/mol. The molecule has 0 fully saturated rings. The Morgan fingerprint density at radius 1 is 1.40 bits per heavy atom. The molecule has 0 saturated carbocycles. The molecule has 1 rings (SSSR count). The van der Waals surface area contributed by atoms with Gasteiger partial charge in [-0.2, -0.15) is 0 Å². The molecule has 0 aliphatic heterocycles. The fraction of sp³-hybridized carbons (Fsp3) is 0.364. The minimum atomic E-state index is -0.659. The van der Waals surface area contributed by atoms with E-state index in [1.165, 1.54) is 4.90 Å². The first-order valence-electron chi connectivity index (χ1n) is 4.76. The van der Waals surface area contributed by atoms with Gasteiger partial charge in [0.15, 0.2) is 0 Å². The van der Waals surface area contributed by atoms with Gasteiger partial charge in [-0.25, -0.2) is 0 Å². The van der Waals surface area contributed by atoms with Crippen LogP contribution in [0.15, 0.2) is 24.3 Å². The highest BCUT2D eigenvalue weighted by Gasteiger charge is 2.09. The van der Waals surface area contributed by atoms with Crippen molar-refractivity contribution in [1.82, 2.24) is 4.90 Å². The quantitative estimate of drug-likeness (QED) is 0.754. The van der Waals surface area contributed by atoms with Crippen LogP contribution >= 0.6 is 0 Å². The highest BCUT2D eigenvalue weighted by Crippen LogP contribution is 2.13. The molecule has 0 heterocycles. The average molecular weight is 208 g/mol. The second kappa shape index (κ2) is 4.91. The molecule has 15 heavy (non-hydrogen) atoms.